The molecular weight excluding hydrogens is 370 g/mol. The second-order valence-corrected chi connectivity index (χ2v) is 6.76. The van der Waals surface area contributed by atoms with Crippen molar-refractivity contribution in [3.63, 3.8) is 0 Å². The number of nitrogens with one attached hydrogen (secondary N) is 2. The van der Waals surface area contributed by atoms with Gasteiger partial charge in [0.05, 0.1) is 4.88 Å². The number of carbonyl (C=O) groups is 2. The van der Waals surface area contributed by atoms with E-state index in [1.807, 2.05) is 30.3 Å². The second-order valence-electron chi connectivity index (χ2n) is 5.81. The smallest absolute Gasteiger partial charge is 0.262 e. The molecule has 1 unspecified atom stereocenters. The zero-order chi connectivity index (χ0) is 19.2. The van der Waals surface area contributed by atoms with Crippen LogP contribution in [0.5, 0.6) is 0 Å². The van der Waals surface area contributed by atoms with Crippen LogP contribution in [-0.2, 0) is 11.2 Å². The van der Waals surface area contributed by atoms with Gasteiger partial charge in [0.25, 0.3) is 5.91 Å². The molecule has 1 heterocycles. The number of benzene rings is 2. The highest BCUT2D eigenvalue weighted by Crippen LogP contribution is 2.15. The summed E-state index contributed by atoms with van der Waals surface area (Å²) in [5.41, 5.74) is 0.969. The van der Waals surface area contributed by atoms with Gasteiger partial charge < -0.3 is 10.6 Å². The van der Waals surface area contributed by atoms with Crippen molar-refractivity contribution in [2.24, 2.45) is 0 Å². The van der Waals surface area contributed by atoms with Crippen molar-refractivity contribution < 1.29 is 18.4 Å². The molecule has 138 valence electrons. The molecule has 4 nitrogen and oxygen atoms in total. The maximum Gasteiger partial charge on any atom is 0.262 e. The summed E-state index contributed by atoms with van der Waals surface area (Å²) >= 11 is 1.26. The molecule has 2 amide bonds. The van der Waals surface area contributed by atoms with Crippen LogP contribution in [0, 0.1) is 11.6 Å². The maximum atomic E-state index is 13.4. The predicted octanol–water partition coefficient (Wildman–Crippen LogP) is 4.01. The highest BCUT2D eigenvalue weighted by atomic mass is 32.1. The van der Waals surface area contributed by atoms with Crippen molar-refractivity contribution >= 4 is 28.8 Å². The third-order valence-electron chi connectivity index (χ3n) is 3.84. The molecule has 0 fully saturated rings. The molecular formula is C20H16F2N2O2S. The van der Waals surface area contributed by atoms with Crippen LogP contribution in [0.3, 0.4) is 0 Å². The molecule has 1 aromatic heterocycles. The molecule has 0 bridgehead atoms. The van der Waals surface area contributed by atoms with E-state index in [-0.39, 0.29) is 18.0 Å². The van der Waals surface area contributed by atoms with Crippen LogP contribution < -0.4 is 10.6 Å². The lowest BCUT2D eigenvalue weighted by Gasteiger charge is -2.18. The van der Waals surface area contributed by atoms with Crippen molar-refractivity contribution in [2.75, 3.05) is 5.32 Å². The van der Waals surface area contributed by atoms with E-state index in [4.69, 9.17) is 0 Å². The second kappa shape index (κ2) is 8.55. The van der Waals surface area contributed by atoms with Gasteiger partial charge in [-0.3, -0.25) is 9.59 Å². The van der Waals surface area contributed by atoms with Gasteiger partial charge in [-0.2, -0.15) is 0 Å². The molecule has 0 saturated heterocycles. The molecule has 0 radical (unpaired) electrons. The number of amides is 2. The molecule has 3 rings (SSSR count). The lowest BCUT2D eigenvalue weighted by Crippen LogP contribution is -2.45. The Hall–Kier alpha value is -3.06. The van der Waals surface area contributed by atoms with Crippen LogP contribution >= 0.6 is 11.3 Å². The van der Waals surface area contributed by atoms with E-state index in [0.717, 1.165) is 17.7 Å². The van der Waals surface area contributed by atoms with Gasteiger partial charge in [0, 0.05) is 18.2 Å². The first-order valence-electron chi connectivity index (χ1n) is 8.17. The van der Waals surface area contributed by atoms with E-state index < -0.39 is 23.6 Å². The highest BCUT2D eigenvalue weighted by molar-refractivity contribution is 7.12. The first-order valence-corrected chi connectivity index (χ1v) is 9.05. The zero-order valence-electron chi connectivity index (χ0n) is 14.1. The number of rotatable bonds is 6. The highest BCUT2D eigenvalue weighted by Gasteiger charge is 2.23. The van der Waals surface area contributed by atoms with E-state index in [0.29, 0.717) is 4.88 Å². The zero-order valence-corrected chi connectivity index (χ0v) is 14.9. The Bertz CT molecular complexity index is 930. The van der Waals surface area contributed by atoms with Gasteiger partial charge in [-0.1, -0.05) is 36.4 Å². The van der Waals surface area contributed by atoms with Crippen LogP contribution in [-0.4, -0.2) is 17.9 Å². The van der Waals surface area contributed by atoms with Crippen molar-refractivity contribution in [3.05, 3.63) is 88.1 Å². The number of carbonyl (C=O) groups excluding carboxylic acids is 2. The van der Waals surface area contributed by atoms with E-state index in [1.54, 1.807) is 17.5 Å². The van der Waals surface area contributed by atoms with Gasteiger partial charge in [-0.05, 0) is 29.1 Å². The Morgan fingerprint density at radius 2 is 1.74 bits per heavy atom. The standard InChI is InChI=1S/C20H16F2N2O2S/c21-15-9-8-14(12-16(15)22)23-19(25)17(11-13-5-2-1-3-6-13)24-20(26)18-7-4-10-27-18/h1-10,12,17H,11H2,(H,23,25)(H,24,26). The normalized spacial score (nSPS) is 11.6. The molecule has 0 aliphatic heterocycles. The van der Waals surface area contributed by atoms with Crippen LogP contribution in [0.2, 0.25) is 0 Å². The minimum absolute atomic E-state index is 0.113. The number of thiophene rings is 1. The maximum absolute atomic E-state index is 13.4. The monoisotopic (exact) mass is 386 g/mol. The number of anilines is 1. The topological polar surface area (TPSA) is 58.2 Å². The molecule has 0 spiro atoms. The van der Waals surface area contributed by atoms with E-state index in [9.17, 15) is 18.4 Å². The van der Waals surface area contributed by atoms with E-state index >= 15 is 0 Å². The Labute approximate surface area is 158 Å². The average molecular weight is 386 g/mol. The third kappa shape index (κ3) is 4.98. The van der Waals surface area contributed by atoms with Crippen molar-refractivity contribution in [1.29, 1.82) is 0 Å². The first kappa shape index (κ1) is 18.7. The summed E-state index contributed by atoms with van der Waals surface area (Å²) in [6.07, 6.45) is 0.257. The molecule has 0 saturated carbocycles. The van der Waals surface area contributed by atoms with Crippen LogP contribution in [0.1, 0.15) is 15.2 Å². The Morgan fingerprint density at radius 1 is 0.963 bits per heavy atom. The number of hydrogen-bond donors (Lipinski definition) is 2. The van der Waals surface area contributed by atoms with Crippen molar-refractivity contribution in [3.8, 4) is 0 Å². The van der Waals surface area contributed by atoms with Crippen LogP contribution in [0.15, 0.2) is 66.0 Å². The molecule has 7 heteroatoms. The summed E-state index contributed by atoms with van der Waals surface area (Å²) in [5, 5.41) is 7.00. The summed E-state index contributed by atoms with van der Waals surface area (Å²) < 4.78 is 26.4. The Kier molecular flexibility index (Phi) is 5.93. The third-order valence-corrected chi connectivity index (χ3v) is 4.71. The van der Waals surface area contributed by atoms with Crippen LogP contribution in [0.4, 0.5) is 14.5 Å². The minimum Gasteiger partial charge on any atom is -0.339 e. The SMILES string of the molecule is O=C(NC(Cc1ccccc1)C(=O)Nc1ccc(F)c(F)c1)c1cccs1. The Morgan fingerprint density at radius 3 is 2.41 bits per heavy atom. The summed E-state index contributed by atoms with van der Waals surface area (Å²) in [6.45, 7) is 0. The molecule has 1 atom stereocenters. The van der Waals surface area contributed by atoms with Crippen molar-refractivity contribution in [2.45, 2.75) is 12.5 Å². The number of hydrogen-bond acceptors (Lipinski definition) is 3. The number of halogens is 2. The van der Waals surface area contributed by atoms with Crippen LogP contribution in [0.25, 0.3) is 0 Å². The molecule has 27 heavy (non-hydrogen) atoms. The van der Waals surface area contributed by atoms with Crippen molar-refractivity contribution in [1.82, 2.24) is 5.32 Å². The summed E-state index contributed by atoms with van der Waals surface area (Å²) in [7, 11) is 0. The average Bonchev–Trinajstić information content (AvgIpc) is 3.20. The quantitative estimate of drug-likeness (QED) is 0.673. The van der Waals surface area contributed by atoms with Gasteiger partial charge in [0.15, 0.2) is 11.6 Å². The summed E-state index contributed by atoms with van der Waals surface area (Å²) in [5.74, 6) is -2.95. The Balaban J connectivity index is 1.77. The van der Waals surface area contributed by atoms with Gasteiger partial charge in [-0.15, -0.1) is 11.3 Å². The fourth-order valence-electron chi connectivity index (χ4n) is 2.50. The van der Waals surface area contributed by atoms with Gasteiger partial charge >= 0.3 is 0 Å². The first-order chi connectivity index (χ1) is 13.0. The molecule has 2 aromatic carbocycles. The van der Waals surface area contributed by atoms with E-state index in [2.05, 4.69) is 10.6 Å². The molecule has 0 aliphatic carbocycles. The summed E-state index contributed by atoms with van der Waals surface area (Å²) in [6, 6.07) is 14.8. The molecule has 0 aliphatic rings. The predicted molar refractivity (Wildman–Crippen MR) is 101 cm³/mol. The largest absolute Gasteiger partial charge is 0.339 e. The summed E-state index contributed by atoms with van der Waals surface area (Å²) in [4.78, 5) is 25.5. The molecule has 3 aromatic rings. The fourth-order valence-corrected chi connectivity index (χ4v) is 3.13. The van der Waals surface area contributed by atoms with E-state index in [1.165, 1.54) is 17.4 Å². The van der Waals surface area contributed by atoms with Gasteiger partial charge in [0.2, 0.25) is 5.91 Å². The fraction of sp³-hybridized carbons (Fsp3) is 0.100. The minimum atomic E-state index is -1.06. The lowest BCUT2D eigenvalue weighted by atomic mass is 10.0. The lowest BCUT2D eigenvalue weighted by molar-refractivity contribution is -0.118. The van der Waals surface area contributed by atoms with Gasteiger partial charge in [-0.25, -0.2) is 8.78 Å². The molecule has 2 N–H and O–H groups in total. The van der Waals surface area contributed by atoms with Gasteiger partial charge in [0.1, 0.15) is 6.04 Å².